The molecule has 0 aliphatic heterocycles. The molecule has 1 saturated carbocycles. The van der Waals surface area contributed by atoms with E-state index in [4.69, 9.17) is 0 Å². The summed E-state index contributed by atoms with van der Waals surface area (Å²) in [6, 6.07) is 0. The van der Waals surface area contributed by atoms with Crippen LogP contribution in [-0.2, 0) is 0 Å². The highest BCUT2D eigenvalue weighted by atomic mass is 28.4. The van der Waals surface area contributed by atoms with Gasteiger partial charge in [0.2, 0.25) is 0 Å². The Morgan fingerprint density at radius 3 is 2.00 bits per heavy atom. The van der Waals surface area contributed by atoms with Crippen molar-refractivity contribution in [3.63, 3.8) is 0 Å². The third-order valence-electron chi connectivity index (χ3n) is 3.25. The van der Waals surface area contributed by atoms with E-state index in [9.17, 15) is 14.4 Å². The molecule has 1 rings (SSSR count). The molecular weight excluding hydrogens is 184 g/mol. The molecule has 0 spiro atoms. The zero-order valence-corrected chi connectivity index (χ0v) is 9.29. The highest BCUT2D eigenvalue weighted by Crippen LogP contribution is 2.50. The Kier molecular flexibility index (Phi) is 3.51. The van der Waals surface area contributed by atoms with Crippen LogP contribution in [0.3, 0.4) is 0 Å². The summed E-state index contributed by atoms with van der Waals surface area (Å²) in [5.74, 6) is 0. The maximum Gasteiger partial charge on any atom is 0.499 e. The second-order valence-corrected chi connectivity index (χ2v) is 6.56. The Hall–Kier alpha value is 0.0969. The van der Waals surface area contributed by atoms with E-state index in [-0.39, 0.29) is 0 Å². The Morgan fingerprint density at radius 1 is 1.08 bits per heavy atom. The lowest BCUT2D eigenvalue weighted by atomic mass is 9.85. The Morgan fingerprint density at radius 2 is 1.62 bits per heavy atom. The van der Waals surface area contributed by atoms with E-state index in [2.05, 4.69) is 0 Å². The molecule has 0 aromatic heterocycles. The summed E-state index contributed by atoms with van der Waals surface area (Å²) in [5.41, 5.74) is 0. The van der Waals surface area contributed by atoms with Crippen LogP contribution in [0.15, 0.2) is 0 Å². The van der Waals surface area contributed by atoms with E-state index in [1.54, 1.807) is 0 Å². The maximum atomic E-state index is 9.47. The summed E-state index contributed by atoms with van der Waals surface area (Å²) in [6.07, 6.45) is 6.45. The smallest absolute Gasteiger partial charge is 0.390 e. The molecule has 0 atom stereocenters. The van der Waals surface area contributed by atoms with Gasteiger partial charge in [-0.3, -0.25) is 0 Å². The van der Waals surface area contributed by atoms with Crippen molar-refractivity contribution in [1.29, 1.82) is 0 Å². The van der Waals surface area contributed by atoms with Gasteiger partial charge in [0, 0.05) is 5.04 Å². The molecular formula is C9H20O3Si. The van der Waals surface area contributed by atoms with E-state index >= 15 is 0 Å². The molecule has 78 valence electrons. The van der Waals surface area contributed by atoms with Gasteiger partial charge in [0.15, 0.2) is 0 Å². The van der Waals surface area contributed by atoms with Gasteiger partial charge in [-0.15, -0.1) is 0 Å². The van der Waals surface area contributed by atoms with Crippen LogP contribution >= 0.6 is 0 Å². The lowest BCUT2D eigenvalue weighted by Gasteiger charge is -2.40. The number of rotatable bonds is 3. The lowest BCUT2D eigenvalue weighted by Crippen LogP contribution is -2.50. The SMILES string of the molecule is CCCC1([Si](O)(O)O)CCCCC1. The molecule has 0 amide bonds. The fraction of sp³-hybridized carbons (Fsp3) is 1.00. The Balaban J connectivity index is 2.73. The van der Waals surface area contributed by atoms with Crippen LogP contribution in [-0.4, -0.2) is 23.2 Å². The first kappa shape index (κ1) is 11.2. The van der Waals surface area contributed by atoms with Crippen molar-refractivity contribution < 1.29 is 14.4 Å². The van der Waals surface area contributed by atoms with Crippen molar-refractivity contribution >= 4 is 8.80 Å². The van der Waals surface area contributed by atoms with Gasteiger partial charge >= 0.3 is 8.80 Å². The van der Waals surface area contributed by atoms with Crippen molar-refractivity contribution in [3.05, 3.63) is 0 Å². The zero-order valence-electron chi connectivity index (χ0n) is 8.29. The molecule has 1 aliphatic rings. The fourth-order valence-corrected chi connectivity index (χ4v) is 4.07. The summed E-state index contributed by atoms with van der Waals surface area (Å²) in [5, 5.41) is -0.528. The third kappa shape index (κ3) is 2.31. The second-order valence-electron chi connectivity index (χ2n) is 4.23. The summed E-state index contributed by atoms with van der Waals surface area (Å²) in [4.78, 5) is 28.4. The molecule has 0 unspecified atom stereocenters. The van der Waals surface area contributed by atoms with Crippen molar-refractivity contribution in [3.8, 4) is 0 Å². The Labute approximate surface area is 80.8 Å². The highest BCUT2D eigenvalue weighted by molar-refractivity contribution is 6.60. The molecule has 0 aromatic rings. The normalized spacial score (nSPS) is 23.1. The van der Waals surface area contributed by atoms with Crippen molar-refractivity contribution in [2.75, 3.05) is 0 Å². The molecule has 0 aromatic carbocycles. The minimum atomic E-state index is -3.93. The van der Waals surface area contributed by atoms with Gasteiger partial charge in [-0.2, -0.15) is 0 Å². The summed E-state index contributed by atoms with van der Waals surface area (Å²) in [6.45, 7) is 2.02. The first-order valence-electron chi connectivity index (χ1n) is 5.19. The highest BCUT2D eigenvalue weighted by Gasteiger charge is 2.53. The molecule has 0 bridgehead atoms. The van der Waals surface area contributed by atoms with Gasteiger partial charge in [-0.25, -0.2) is 0 Å². The van der Waals surface area contributed by atoms with Gasteiger partial charge in [0.25, 0.3) is 0 Å². The van der Waals surface area contributed by atoms with Crippen LogP contribution in [0.2, 0.25) is 5.04 Å². The van der Waals surface area contributed by atoms with E-state index in [0.717, 1.165) is 44.9 Å². The molecule has 0 radical (unpaired) electrons. The fourth-order valence-electron chi connectivity index (χ4n) is 2.46. The number of hydrogen-bond acceptors (Lipinski definition) is 3. The lowest BCUT2D eigenvalue weighted by molar-refractivity contribution is 0.145. The Bertz CT molecular complexity index is 153. The molecule has 0 saturated heterocycles. The minimum absolute atomic E-state index is 0.528. The standard InChI is InChI=1S/C9H20O3Si/c1-2-6-9(13(10,11)12)7-4-3-5-8-9/h10-12H,2-8H2,1H3. The summed E-state index contributed by atoms with van der Waals surface area (Å²) < 4.78 is 0. The topological polar surface area (TPSA) is 60.7 Å². The van der Waals surface area contributed by atoms with Gasteiger partial charge in [-0.1, -0.05) is 32.6 Å². The van der Waals surface area contributed by atoms with Crippen LogP contribution < -0.4 is 0 Å². The van der Waals surface area contributed by atoms with Crippen LogP contribution in [0.5, 0.6) is 0 Å². The van der Waals surface area contributed by atoms with Crippen molar-refractivity contribution in [2.24, 2.45) is 0 Å². The van der Waals surface area contributed by atoms with E-state index in [0.29, 0.717) is 0 Å². The van der Waals surface area contributed by atoms with Crippen molar-refractivity contribution in [2.45, 2.75) is 56.9 Å². The molecule has 3 N–H and O–H groups in total. The van der Waals surface area contributed by atoms with Crippen LogP contribution in [0.25, 0.3) is 0 Å². The average Bonchev–Trinajstić information content (AvgIpc) is 2.04. The zero-order chi connectivity index (χ0) is 9.95. The van der Waals surface area contributed by atoms with Crippen LogP contribution in [0, 0.1) is 0 Å². The summed E-state index contributed by atoms with van der Waals surface area (Å²) in [7, 11) is -3.93. The van der Waals surface area contributed by atoms with E-state index in [1.165, 1.54) is 0 Å². The first-order chi connectivity index (χ1) is 6.02. The minimum Gasteiger partial charge on any atom is -0.390 e. The first-order valence-corrected chi connectivity index (χ1v) is 7.03. The second kappa shape index (κ2) is 4.08. The van der Waals surface area contributed by atoms with Crippen LogP contribution in [0.4, 0.5) is 0 Å². The molecule has 0 heterocycles. The maximum absolute atomic E-state index is 9.47. The molecule has 1 aliphatic carbocycles. The molecule has 1 fully saturated rings. The average molecular weight is 204 g/mol. The van der Waals surface area contributed by atoms with E-state index < -0.39 is 13.8 Å². The van der Waals surface area contributed by atoms with Gasteiger partial charge < -0.3 is 14.4 Å². The largest absolute Gasteiger partial charge is 0.499 e. The van der Waals surface area contributed by atoms with Gasteiger partial charge in [-0.05, 0) is 19.3 Å². The molecule has 3 nitrogen and oxygen atoms in total. The quantitative estimate of drug-likeness (QED) is 0.609. The molecule has 4 heteroatoms. The predicted octanol–water partition coefficient (Wildman–Crippen LogP) is 1.41. The molecule has 13 heavy (non-hydrogen) atoms. The monoisotopic (exact) mass is 204 g/mol. The third-order valence-corrected chi connectivity index (χ3v) is 5.42. The van der Waals surface area contributed by atoms with Gasteiger partial charge in [0.1, 0.15) is 0 Å². The summed E-state index contributed by atoms with van der Waals surface area (Å²) >= 11 is 0. The number of hydrogen-bond donors (Lipinski definition) is 3. The van der Waals surface area contributed by atoms with Gasteiger partial charge in [0.05, 0.1) is 0 Å². The van der Waals surface area contributed by atoms with Crippen LogP contribution in [0.1, 0.15) is 51.9 Å². The predicted molar refractivity (Wildman–Crippen MR) is 53.1 cm³/mol. The van der Waals surface area contributed by atoms with Crippen molar-refractivity contribution in [1.82, 2.24) is 0 Å². The van der Waals surface area contributed by atoms with E-state index in [1.807, 2.05) is 6.92 Å².